The second-order valence-electron chi connectivity index (χ2n) is 15.6. The standard InChI is InChI=1S/C57H37N/c1-4-15-38(16-5-1)39-27-30-46(31-28-39)58(47-32-29-42-36-51-49-34-40-17-10-11-18-41(40)35-50(49)52(51)37-43(42)33-47)55-26-14-25-54-56(55)48-23-12-13-24-53(48)57(54,44-19-6-2-7-20-44)45-21-8-3-9-22-45/h1-37H. The Morgan fingerprint density at radius 2 is 0.776 bits per heavy atom. The minimum Gasteiger partial charge on any atom is -0.310 e. The van der Waals surface area contributed by atoms with Crippen LogP contribution in [0, 0.1) is 0 Å². The van der Waals surface area contributed by atoms with E-state index in [1.54, 1.807) is 0 Å². The van der Waals surface area contributed by atoms with Crippen molar-refractivity contribution in [2.75, 3.05) is 4.90 Å². The van der Waals surface area contributed by atoms with Crippen LogP contribution < -0.4 is 4.90 Å². The van der Waals surface area contributed by atoms with Crippen LogP contribution in [0.2, 0.25) is 0 Å². The molecule has 0 bridgehead atoms. The molecule has 2 aliphatic rings. The van der Waals surface area contributed by atoms with Crippen molar-refractivity contribution >= 4 is 38.6 Å². The number of anilines is 3. The highest BCUT2D eigenvalue weighted by atomic mass is 15.1. The fourth-order valence-electron chi connectivity index (χ4n) is 10.0. The summed E-state index contributed by atoms with van der Waals surface area (Å²) in [4.78, 5) is 2.48. The predicted octanol–water partition coefficient (Wildman–Crippen LogP) is 15.1. The zero-order chi connectivity index (χ0) is 38.2. The molecule has 0 saturated carbocycles. The monoisotopic (exact) mass is 735 g/mol. The van der Waals surface area contributed by atoms with E-state index in [4.69, 9.17) is 0 Å². The highest BCUT2D eigenvalue weighted by molar-refractivity contribution is 6.12. The summed E-state index contributed by atoms with van der Waals surface area (Å²) in [6, 6.07) is 83.1. The molecule has 0 aliphatic heterocycles. The van der Waals surface area contributed by atoms with E-state index in [-0.39, 0.29) is 0 Å². The highest BCUT2D eigenvalue weighted by Crippen LogP contribution is 2.59. The van der Waals surface area contributed by atoms with Crippen LogP contribution in [-0.4, -0.2) is 0 Å². The van der Waals surface area contributed by atoms with Crippen LogP contribution in [0.3, 0.4) is 0 Å². The van der Waals surface area contributed by atoms with Crippen LogP contribution in [0.5, 0.6) is 0 Å². The molecular formula is C57H37N. The Kier molecular flexibility index (Phi) is 7.21. The molecule has 12 rings (SSSR count). The van der Waals surface area contributed by atoms with Crippen LogP contribution >= 0.6 is 0 Å². The van der Waals surface area contributed by atoms with Gasteiger partial charge in [-0.25, -0.2) is 0 Å². The van der Waals surface area contributed by atoms with E-state index in [1.165, 1.54) is 88.3 Å². The number of benzene rings is 10. The number of hydrogen-bond acceptors (Lipinski definition) is 1. The third-order valence-corrected chi connectivity index (χ3v) is 12.6. The molecule has 0 saturated heterocycles. The first kappa shape index (κ1) is 32.7. The lowest BCUT2D eigenvalue weighted by molar-refractivity contribution is 0.768. The summed E-state index contributed by atoms with van der Waals surface area (Å²) < 4.78 is 0. The molecular weight excluding hydrogens is 699 g/mol. The van der Waals surface area contributed by atoms with Gasteiger partial charge < -0.3 is 4.90 Å². The Balaban J connectivity index is 1.09. The molecule has 0 unspecified atom stereocenters. The average Bonchev–Trinajstić information content (AvgIpc) is 3.61. The second kappa shape index (κ2) is 12.8. The van der Waals surface area contributed by atoms with Gasteiger partial charge in [0.1, 0.15) is 0 Å². The quantitative estimate of drug-likeness (QED) is 0.164. The van der Waals surface area contributed by atoms with Gasteiger partial charge in [-0.15, -0.1) is 0 Å². The average molecular weight is 736 g/mol. The fraction of sp³-hybridized carbons (Fsp3) is 0.0175. The molecule has 0 N–H and O–H groups in total. The molecule has 0 amide bonds. The highest BCUT2D eigenvalue weighted by Gasteiger charge is 2.47. The number of hydrogen-bond donors (Lipinski definition) is 0. The third kappa shape index (κ3) is 4.77. The van der Waals surface area contributed by atoms with Crippen molar-refractivity contribution in [1.29, 1.82) is 0 Å². The number of nitrogens with zero attached hydrogens (tertiary/aromatic N) is 1. The van der Waals surface area contributed by atoms with Crippen molar-refractivity contribution < 1.29 is 0 Å². The molecule has 0 aromatic heterocycles. The summed E-state index contributed by atoms with van der Waals surface area (Å²) in [6.07, 6.45) is 0. The Hall–Kier alpha value is -7.48. The summed E-state index contributed by atoms with van der Waals surface area (Å²) >= 11 is 0. The molecule has 0 radical (unpaired) electrons. The van der Waals surface area contributed by atoms with Gasteiger partial charge in [0.15, 0.2) is 0 Å². The summed E-state index contributed by atoms with van der Waals surface area (Å²) in [5.74, 6) is 0. The largest absolute Gasteiger partial charge is 0.310 e. The molecule has 1 nitrogen and oxygen atoms in total. The SMILES string of the molecule is c1ccc(-c2ccc(N(c3ccc4cc5c(cc4c3)-c3cc4ccccc4cc3-5)c3cccc4c3-c3ccccc3C4(c3ccccc3)c3ccccc3)cc2)cc1. The van der Waals surface area contributed by atoms with Gasteiger partial charge in [-0.2, -0.15) is 0 Å². The van der Waals surface area contributed by atoms with Crippen molar-refractivity contribution in [3.63, 3.8) is 0 Å². The molecule has 10 aromatic rings. The second-order valence-corrected chi connectivity index (χ2v) is 15.6. The van der Waals surface area contributed by atoms with Crippen molar-refractivity contribution in [3.05, 3.63) is 247 Å². The lowest BCUT2D eigenvalue weighted by Gasteiger charge is -2.34. The topological polar surface area (TPSA) is 3.24 Å². The molecule has 0 heterocycles. The van der Waals surface area contributed by atoms with E-state index in [2.05, 4.69) is 229 Å². The molecule has 0 atom stereocenters. The molecule has 10 aromatic carbocycles. The number of rotatable bonds is 6. The van der Waals surface area contributed by atoms with Gasteiger partial charge in [0.25, 0.3) is 0 Å². The van der Waals surface area contributed by atoms with E-state index in [1.807, 2.05) is 0 Å². The minimum atomic E-state index is -0.490. The molecule has 270 valence electrons. The summed E-state index contributed by atoms with van der Waals surface area (Å²) in [7, 11) is 0. The Morgan fingerprint density at radius 1 is 0.293 bits per heavy atom. The third-order valence-electron chi connectivity index (χ3n) is 12.6. The maximum absolute atomic E-state index is 2.48. The zero-order valence-electron chi connectivity index (χ0n) is 31.8. The lowest BCUT2D eigenvalue weighted by Crippen LogP contribution is -2.28. The van der Waals surface area contributed by atoms with E-state index in [0.29, 0.717) is 0 Å². The Bertz CT molecular complexity index is 3160. The van der Waals surface area contributed by atoms with Crippen molar-refractivity contribution in [3.8, 4) is 44.5 Å². The maximum Gasteiger partial charge on any atom is 0.0714 e. The van der Waals surface area contributed by atoms with E-state index in [0.717, 1.165) is 17.1 Å². The van der Waals surface area contributed by atoms with Crippen molar-refractivity contribution in [2.24, 2.45) is 0 Å². The predicted molar refractivity (Wildman–Crippen MR) is 243 cm³/mol. The Morgan fingerprint density at radius 3 is 1.41 bits per heavy atom. The number of fused-ring (bicyclic) bond motifs is 9. The maximum atomic E-state index is 2.48. The van der Waals surface area contributed by atoms with Gasteiger partial charge in [-0.05, 0) is 137 Å². The summed E-state index contributed by atoms with van der Waals surface area (Å²) in [5, 5.41) is 5.05. The molecule has 0 fully saturated rings. The lowest BCUT2D eigenvalue weighted by atomic mass is 9.68. The van der Waals surface area contributed by atoms with Gasteiger partial charge in [-0.1, -0.05) is 170 Å². The zero-order valence-corrected chi connectivity index (χ0v) is 31.8. The van der Waals surface area contributed by atoms with Crippen molar-refractivity contribution in [1.82, 2.24) is 0 Å². The van der Waals surface area contributed by atoms with Crippen LogP contribution in [0.25, 0.3) is 66.1 Å². The first-order valence-corrected chi connectivity index (χ1v) is 20.2. The van der Waals surface area contributed by atoms with E-state index >= 15 is 0 Å². The van der Waals surface area contributed by atoms with Gasteiger partial charge in [-0.3, -0.25) is 0 Å². The molecule has 1 heteroatoms. The summed E-state index contributed by atoms with van der Waals surface area (Å²) in [5.41, 5.74) is 18.3. The van der Waals surface area contributed by atoms with E-state index in [9.17, 15) is 0 Å². The normalized spacial score (nSPS) is 13.0. The Labute approximate surface area is 338 Å². The van der Waals surface area contributed by atoms with E-state index < -0.39 is 5.41 Å². The van der Waals surface area contributed by atoms with Gasteiger partial charge in [0.2, 0.25) is 0 Å². The van der Waals surface area contributed by atoms with Crippen LogP contribution in [0.15, 0.2) is 224 Å². The summed E-state index contributed by atoms with van der Waals surface area (Å²) in [6.45, 7) is 0. The van der Waals surface area contributed by atoms with Gasteiger partial charge in [0.05, 0.1) is 11.1 Å². The minimum absolute atomic E-state index is 0.490. The molecule has 0 spiro atoms. The fourth-order valence-corrected chi connectivity index (χ4v) is 10.0. The first-order chi connectivity index (χ1) is 28.8. The first-order valence-electron chi connectivity index (χ1n) is 20.2. The van der Waals surface area contributed by atoms with Crippen LogP contribution in [0.1, 0.15) is 22.3 Å². The van der Waals surface area contributed by atoms with Gasteiger partial charge in [0, 0.05) is 16.9 Å². The van der Waals surface area contributed by atoms with Crippen LogP contribution in [-0.2, 0) is 5.41 Å². The van der Waals surface area contributed by atoms with Crippen LogP contribution in [0.4, 0.5) is 17.1 Å². The smallest absolute Gasteiger partial charge is 0.0714 e. The van der Waals surface area contributed by atoms with Gasteiger partial charge >= 0.3 is 0 Å². The van der Waals surface area contributed by atoms with Crippen molar-refractivity contribution in [2.45, 2.75) is 5.41 Å². The molecule has 2 aliphatic carbocycles. The molecule has 58 heavy (non-hydrogen) atoms.